The Morgan fingerprint density at radius 3 is 1.47 bits per heavy atom. The van der Waals surface area contributed by atoms with Gasteiger partial charge in [-0.05, 0) is 70.6 Å². The van der Waals surface area contributed by atoms with E-state index in [1.54, 1.807) is 0 Å². The zero-order valence-electron chi connectivity index (χ0n) is 23.9. The van der Waals surface area contributed by atoms with Crippen LogP contribution in [0.2, 0.25) is 0 Å². The highest BCUT2D eigenvalue weighted by Crippen LogP contribution is 2.09. The average Bonchev–Trinajstić information content (AvgIpc) is 2.88. The predicted molar refractivity (Wildman–Crippen MR) is 160 cm³/mol. The van der Waals surface area contributed by atoms with E-state index < -0.39 is 0 Å². The molecule has 0 spiro atoms. The van der Waals surface area contributed by atoms with Crippen LogP contribution in [-0.2, 0) is 9.53 Å². The van der Waals surface area contributed by atoms with Crippen molar-refractivity contribution < 1.29 is 9.53 Å². The average molecular weight is 499 g/mol. The number of hydrogen-bond donors (Lipinski definition) is 0. The van der Waals surface area contributed by atoms with Gasteiger partial charge in [0.15, 0.2) is 0 Å². The summed E-state index contributed by atoms with van der Waals surface area (Å²) in [5.41, 5.74) is 0. The number of rotatable bonds is 26. The first-order chi connectivity index (χ1) is 17.8. The van der Waals surface area contributed by atoms with Gasteiger partial charge in [-0.1, -0.05) is 126 Å². The van der Waals surface area contributed by atoms with E-state index in [1.165, 1.54) is 83.5 Å². The summed E-state index contributed by atoms with van der Waals surface area (Å²) in [6.07, 6.45) is 45.4. The highest BCUT2D eigenvalue weighted by atomic mass is 16.5. The fourth-order valence-electron chi connectivity index (χ4n) is 3.81. The first-order valence-electron chi connectivity index (χ1n) is 15.2. The Labute approximate surface area is 225 Å². The maximum atomic E-state index is 11.8. The molecule has 0 aromatic carbocycles. The third-order valence-corrected chi connectivity index (χ3v) is 6.13. The van der Waals surface area contributed by atoms with Gasteiger partial charge in [0.1, 0.15) is 0 Å². The number of carbonyl (C=O) groups excluding carboxylic acids is 1. The van der Waals surface area contributed by atoms with Gasteiger partial charge >= 0.3 is 5.97 Å². The van der Waals surface area contributed by atoms with E-state index in [9.17, 15) is 4.79 Å². The van der Waals surface area contributed by atoms with Gasteiger partial charge in [0.25, 0.3) is 0 Å². The summed E-state index contributed by atoms with van der Waals surface area (Å²) in [6, 6.07) is 0. The molecule has 0 rings (SSSR count). The molecule has 0 N–H and O–H groups in total. The molecule has 0 aromatic heterocycles. The van der Waals surface area contributed by atoms with Crippen LogP contribution >= 0.6 is 0 Å². The van der Waals surface area contributed by atoms with Crippen molar-refractivity contribution in [2.45, 2.75) is 142 Å². The van der Waals surface area contributed by atoms with E-state index in [1.807, 2.05) is 0 Å². The number of carbonyl (C=O) groups is 1. The number of unbranched alkanes of at least 4 members (excludes halogenated alkanes) is 12. The van der Waals surface area contributed by atoms with Crippen LogP contribution in [0.1, 0.15) is 142 Å². The fraction of sp³-hybridized carbons (Fsp3) is 0.676. The summed E-state index contributed by atoms with van der Waals surface area (Å²) in [7, 11) is 0. The molecule has 0 aliphatic heterocycles. The molecule has 206 valence electrons. The molecule has 0 radical (unpaired) electrons. The van der Waals surface area contributed by atoms with Crippen LogP contribution in [0.15, 0.2) is 60.8 Å². The monoisotopic (exact) mass is 498 g/mol. The fourth-order valence-corrected chi connectivity index (χ4v) is 3.81. The number of ether oxygens (including phenoxy) is 1. The molecule has 36 heavy (non-hydrogen) atoms. The van der Waals surface area contributed by atoms with Crippen molar-refractivity contribution in [2.24, 2.45) is 0 Å². The summed E-state index contributed by atoms with van der Waals surface area (Å²) in [6.45, 7) is 5.07. The molecular formula is C34H58O2. The van der Waals surface area contributed by atoms with E-state index in [0.29, 0.717) is 13.0 Å². The first kappa shape index (κ1) is 34.2. The Bertz CT molecular complexity index is 594. The largest absolute Gasteiger partial charge is 0.466 e. The zero-order chi connectivity index (χ0) is 26.2. The lowest BCUT2D eigenvalue weighted by Gasteiger charge is -2.04. The zero-order valence-corrected chi connectivity index (χ0v) is 23.9. The summed E-state index contributed by atoms with van der Waals surface area (Å²) in [5, 5.41) is 0. The van der Waals surface area contributed by atoms with Crippen LogP contribution in [0.25, 0.3) is 0 Å². The lowest BCUT2D eigenvalue weighted by atomic mass is 10.1. The standard InChI is InChI=1S/C34H58O2/c1-3-5-7-9-11-13-15-17-18-19-20-21-22-24-26-28-30-32-34(35)36-33-31-29-27-25-23-16-14-12-10-8-6-4-2/h10-13,17-18,20-21,24,26H,3-9,14-16,19,22-23,25,27-33H2,1-2H3/b12-10-,13-11-,18-17-,21-20-,26-24-. The summed E-state index contributed by atoms with van der Waals surface area (Å²) < 4.78 is 5.37. The van der Waals surface area contributed by atoms with E-state index >= 15 is 0 Å². The van der Waals surface area contributed by atoms with Crippen molar-refractivity contribution in [1.29, 1.82) is 0 Å². The lowest BCUT2D eigenvalue weighted by Crippen LogP contribution is -2.05. The van der Waals surface area contributed by atoms with Crippen LogP contribution in [0.4, 0.5) is 0 Å². The molecule has 0 heterocycles. The second-order valence-electron chi connectivity index (χ2n) is 9.72. The van der Waals surface area contributed by atoms with Crippen LogP contribution in [0.3, 0.4) is 0 Å². The van der Waals surface area contributed by atoms with Gasteiger partial charge in [-0.2, -0.15) is 0 Å². The van der Waals surface area contributed by atoms with Gasteiger partial charge in [0, 0.05) is 6.42 Å². The van der Waals surface area contributed by atoms with Gasteiger partial charge in [0.05, 0.1) is 6.61 Å². The molecule has 0 aliphatic carbocycles. The summed E-state index contributed by atoms with van der Waals surface area (Å²) in [5.74, 6) is -0.0410. The topological polar surface area (TPSA) is 26.3 Å². The van der Waals surface area contributed by atoms with Gasteiger partial charge in [0.2, 0.25) is 0 Å². The van der Waals surface area contributed by atoms with E-state index in [0.717, 1.165) is 38.5 Å². The van der Waals surface area contributed by atoms with E-state index in [2.05, 4.69) is 74.6 Å². The Morgan fingerprint density at radius 2 is 0.889 bits per heavy atom. The first-order valence-corrected chi connectivity index (χ1v) is 15.2. The normalized spacial score (nSPS) is 12.4. The highest BCUT2D eigenvalue weighted by Gasteiger charge is 2.01. The van der Waals surface area contributed by atoms with Crippen LogP contribution < -0.4 is 0 Å². The van der Waals surface area contributed by atoms with Crippen molar-refractivity contribution in [3.8, 4) is 0 Å². The van der Waals surface area contributed by atoms with Crippen LogP contribution in [0, 0.1) is 0 Å². The molecule has 0 unspecified atom stereocenters. The van der Waals surface area contributed by atoms with E-state index in [4.69, 9.17) is 4.74 Å². The SMILES string of the molecule is CCCC/C=C\CCCCCCCCOC(=O)CCC/C=C\C/C=C\C/C=C\C/C=C\CCCCC. The molecule has 0 saturated carbocycles. The van der Waals surface area contributed by atoms with Gasteiger partial charge in [-0.15, -0.1) is 0 Å². The third-order valence-electron chi connectivity index (χ3n) is 6.13. The summed E-state index contributed by atoms with van der Waals surface area (Å²) in [4.78, 5) is 11.8. The van der Waals surface area contributed by atoms with Crippen LogP contribution in [0.5, 0.6) is 0 Å². The molecule has 2 heteroatoms. The minimum Gasteiger partial charge on any atom is -0.466 e. The Kier molecular flexibility index (Phi) is 29.6. The van der Waals surface area contributed by atoms with Gasteiger partial charge in [-0.25, -0.2) is 0 Å². The Hall–Kier alpha value is -1.83. The Morgan fingerprint density at radius 1 is 0.472 bits per heavy atom. The molecule has 0 amide bonds. The number of esters is 1. The maximum Gasteiger partial charge on any atom is 0.305 e. The lowest BCUT2D eigenvalue weighted by molar-refractivity contribution is -0.143. The minimum atomic E-state index is -0.0410. The summed E-state index contributed by atoms with van der Waals surface area (Å²) >= 11 is 0. The number of hydrogen-bond acceptors (Lipinski definition) is 2. The molecule has 2 nitrogen and oxygen atoms in total. The van der Waals surface area contributed by atoms with Gasteiger partial charge in [-0.3, -0.25) is 4.79 Å². The highest BCUT2D eigenvalue weighted by molar-refractivity contribution is 5.69. The predicted octanol–water partition coefficient (Wildman–Crippen LogP) is 11.2. The molecule has 0 atom stereocenters. The van der Waals surface area contributed by atoms with Crippen molar-refractivity contribution in [1.82, 2.24) is 0 Å². The van der Waals surface area contributed by atoms with Gasteiger partial charge < -0.3 is 4.74 Å². The second-order valence-corrected chi connectivity index (χ2v) is 9.72. The minimum absolute atomic E-state index is 0.0410. The smallest absolute Gasteiger partial charge is 0.305 e. The third kappa shape index (κ3) is 30.2. The van der Waals surface area contributed by atoms with Crippen molar-refractivity contribution >= 4 is 5.97 Å². The van der Waals surface area contributed by atoms with Crippen LogP contribution in [-0.4, -0.2) is 12.6 Å². The quantitative estimate of drug-likeness (QED) is 0.0673. The Balaban J connectivity index is 3.40. The molecule has 0 aliphatic rings. The van der Waals surface area contributed by atoms with Crippen molar-refractivity contribution in [2.75, 3.05) is 6.61 Å². The maximum absolute atomic E-state index is 11.8. The van der Waals surface area contributed by atoms with Crippen molar-refractivity contribution in [3.63, 3.8) is 0 Å². The second kappa shape index (κ2) is 31.2. The molecule has 0 fully saturated rings. The molecule has 0 bridgehead atoms. The van der Waals surface area contributed by atoms with E-state index in [-0.39, 0.29) is 5.97 Å². The molecule has 0 aromatic rings. The number of allylic oxidation sites excluding steroid dienone is 10. The molecule has 0 saturated heterocycles. The van der Waals surface area contributed by atoms with Crippen molar-refractivity contribution in [3.05, 3.63) is 60.8 Å². The molecular weight excluding hydrogens is 440 g/mol.